The maximum absolute atomic E-state index is 14.0. The van der Waals surface area contributed by atoms with Gasteiger partial charge in [-0.05, 0) is 67.6 Å². The second-order valence-corrected chi connectivity index (χ2v) is 9.61. The van der Waals surface area contributed by atoms with Crippen molar-refractivity contribution in [2.75, 3.05) is 10.0 Å². The van der Waals surface area contributed by atoms with Crippen LogP contribution in [0.15, 0.2) is 53.4 Å². The van der Waals surface area contributed by atoms with Crippen LogP contribution in [0.5, 0.6) is 17.2 Å². The fraction of sp³-hybridized carbons (Fsp3) is 0.167. The standard InChI is InChI=1S/C24H21FN2O7S/c1-13-11-19(26-23(29)24(30)31)15-5-4-6-16(15)22(13)34-14-9-10-20(28)21(12-14)35(32,33)27-18-8-3-2-7-17(18)25/h2-3,7-12,27-28H,4-6H2,1H3,(H,26,29)(H,30,31). The van der Waals surface area contributed by atoms with Crippen molar-refractivity contribution in [3.05, 3.63) is 71.0 Å². The van der Waals surface area contributed by atoms with E-state index in [0.29, 0.717) is 29.8 Å². The highest BCUT2D eigenvalue weighted by molar-refractivity contribution is 7.92. The first-order valence-corrected chi connectivity index (χ1v) is 12.0. The molecule has 0 bridgehead atoms. The SMILES string of the molecule is Cc1cc(NC(=O)C(=O)O)c2c(c1Oc1ccc(O)c(S(=O)(=O)Nc3ccccc3F)c1)CCC2. The third-order valence-electron chi connectivity index (χ3n) is 5.54. The minimum absolute atomic E-state index is 0.108. The van der Waals surface area contributed by atoms with E-state index in [9.17, 15) is 27.5 Å². The first-order valence-electron chi connectivity index (χ1n) is 10.5. The lowest BCUT2D eigenvalue weighted by Gasteiger charge is -2.18. The summed E-state index contributed by atoms with van der Waals surface area (Å²) in [5.74, 6) is -3.52. The third kappa shape index (κ3) is 4.90. The van der Waals surface area contributed by atoms with Crippen LogP contribution in [0.2, 0.25) is 0 Å². The second kappa shape index (κ2) is 9.26. The molecule has 0 saturated heterocycles. The number of benzene rings is 3. The Bertz CT molecular complexity index is 1450. The topological polar surface area (TPSA) is 142 Å². The highest BCUT2D eigenvalue weighted by Gasteiger charge is 2.26. The number of carboxylic acid groups (broad SMARTS) is 1. The molecule has 3 aromatic rings. The summed E-state index contributed by atoms with van der Waals surface area (Å²) in [5, 5.41) is 21.5. The largest absolute Gasteiger partial charge is 0.507 e. The molecule has 1 aliphatic carbocycles. The molecule has 0 spiro atoms. The molecule has 0 aromatic heterocycles. The Labute approximate surface area is 200 Å². The van der Waals surface area contributed by atoms with Crippen LogP contribution < -0.4 is 14.8 Å². The Balaban J connectivity index is 1.68. The number of carboxylic acids is 1. The predicted molar refractivity (Wildman–Crippen MR) is 125 cm³/mol. The molecule has 4 N–H and O–H groups in total. The van der Waals surface area contributed by atoms with Crippen LogP contribution in [-0.2, 0) is 32.5 Å². The lowest BCUT2D eigenvalue weighted by atomic mass is 10.0. The van der Waals surface area contributed by atoms with E-state index in [1.165, 1.54) is 24.3 Å². The average molecular weight is 501 g/mol. The number of rotatable bonds is 6. The summed E-state index contributed by atoms with van der Waals surface area (Å²) in [5.41, 5.74) is 2.22. The quantitative estimate of drug-likeness (QED) is 0.376. The third-order valence-corrected chi connectivity index (χ3v) is 6.93. The fourth-order valence-electron chi connectivity index (χ4n) is 3.96. The van der Waals surface area contributed by atoms with Crippen molar-refractivity contribution in [2.45, 2.75) is 31.1 Å². The number of hydrogen-bond donors (Lipinski definition) is 4. The van der Waals surface area contributed by atoms with Crippen LogP contribution in [0.1, 0.15) is 23.1 Å². The van der Waals surface area contributed by atoms with E-state index in [1.54, 1.807) is 13.0 Å². The van der Waals surface area contributed by atoms with Gasteiger partial charge in [-0.2, -0.15) is 0 Å². The van der Waals surface area contributed by atoms with Gasteiger partial charge in [-0.25, -0.2) is 17.6 Å². The van der Waals surface area contributed by atoms with E-state index in [0.717, 1.165) is 35.7 Å². The summed E-state index contributed by atoms with van der Waals surface area (Å²) >= 11 is 0. The molecule has 4 rings (SSSR count). The zero-order chi connectivity index (χ0) is 25.3. The number of aromatic hydroxyl groups is 1. The summed E-state index contributed by atoms with van der Waals surface area (Å²) in [6, 6.07) is 10.5. The van der Waals surface area contributed by atoms with Crippen LogP contribution in [0.25, 0.3) is 0 Å². The number of amides is 1. The number of ether oxygens (including phenoxy) is 1. The van der Waals surface area contributed by atoms with E-state index in [1.807, 2.05) is 0 Å². The minimum atomic E-state index is -4.35. The molecule has 3 aromatic carbocycles. The molecule has 0 radical (unpaired) electrons. The van der Waals surface area contributed by atoms with Crippen molar-refractivity contribution < 1.29 is 37.3 Å². The number of aliphatic carboxylic acids is 1. The highest BCUT2D eigenvalue weighted by atomic mass is 32.2. The Morgan fingerprint density at radius 2 is 1.74 bits per heavy atom. The normalized spacial score (nSPS) is 12.6. The van der Waals surface area contributed by atoms with E-state index in [2.05, 4.69) is 10.0 Å². The van der Waals surface area contributed by atoms with E-state index >= 15 is 0 Å². The van der Waals surface area contributed by atoms with Crippen molar-refractivity contribution in [2.24, 2.45) is 0 Å². The van der Waals surface area contributed by atoms with Crippen molar-refractivity contribution in [3.63, 3.8) is 0 Å². The van der Waals surface area contributed by atoms with Crippen LogP contribution in [-0.4, -0.2) is 30.5 Å². The van der Waals surface area contributed by atoms with Crippen molar-refractivity contribution in [3.8, 4) is 17.2 Å². The van der Waals surface area contributed by atoms with Gasteiger partial charge in [0.2, 0.25) is 0 Å². The Hall–Kier alpha value is -4.12. The number of phenolic OH excluding ortho intramolecular Hbond substituents is 1. The number of anilines is 2. The van der Waals surface area contributed by atoms with Crippen LogP contribution >= 0.6 is 0 Å². The molecule has 11 heteroatoms. The van der Waals surface area contributed by atoms with Gasteiger partial charge in [0.25, 0.3) is 10.0 Å². The number of carbonyl (C=O) groups is 2. The molecule has 35 heavy (non-hydrogen) atoms. The number of halogens is 1. The van der Waals surface area contributed by atoms with Crippen LogP contribution in [0.3, 0.4) is 0 Å². The van der Waals surface area contributed by atoms with Gasteiger partial charge in [0.05, 0.1) is 5.69 Å². The van der Waals surface area contributed by atoms with Crippen LogP contribution in [0.4, 0.5) is 15.8 Å². The molecule has 0 fully saturated rings. The lowest BCUT2D eigenvalue weighted by molar-refractivity contribution is -0.147. The van der Waals surface area contributed by atoms with E-state index in [-0.39, 0.29) is 11.4 Å². The van der Waals surface area contributed by atoms with Gasteiger partial charge in [-0.3, -0.25) is 9.52 Å². The van der Waals surface area contributed by atoms with Gasteiger partial charge in [0.1, 0.15) is 28.0 Å². The van der Waals surface area contributed by atoms with E-state index < -0.39 is 38.4 Å². The number of aryl methyl sites for hydroxylation is 1. The Morgan fingerprint density at radius 3 is 2.46 bits per heavy atom. The molecule has 182 valence electrons. The molecule has 1 aliphatic rings. The molecule has 1 amide bonds. The molecule has 0 unspecified atom stereocenters. The van der Waals surface area contributed by atoms with Gasteiger partial charge in [-0.15, -0.1) is 0 Å². The number of fused-ring (bicyclic) bond motifs is 1. The van der Waals surface area contributed by atoms with Crippen molar-refractivity contribution in [1.82, 2.24) is 0 Å². The average Bonchev–Trinajstić information content (AvgIpc) is 3.29. The summed E-state index contributed by atoms with van der Waals surface area (Å²) in [7, 11) is -4.35. The Morgan fingerprint density at radius 1 is 1.03 bits per heavy atom. The number of phenols is 1. The maximum atomic E-state index is 14.0. The number of nitrogens with one attached hydrogen (secondary N) is 2. The summed E-state index contributed by atoms with van der Waals surface area (Å²) in [6.45, 7) is 1.71. The predicted octanol–water partition coefficient (Wildman–Crippen LogP) is 3.94. The van der Waals surface area contributed by atoms with Gasteiger partial charge in [0, 0.05) is 17.3 Å². The van der Waals surface area contributed by atoms with Gasteiger partial charge in [-0.1, -0.05) is 12.1 Å². The lowest BCUT2D eigenvalue weighted by Crippen LogP contribution is -2.22. The first-order chi connectivity index (χ1) is 16.6. The van der Waals surface area contributed by atoms with Crippen molar-refractivity contribution in [1.29, 1.82) is 0 Å². The van der Waals surface area contributed by atoms with Crippen molar-refractivity contribution >= 4 is 33.3 Å². The zero-order valence-corrected chi connectivity index (χ0v) is 19.3. The Kier molecular flexibility index (Phi) is 6.35. The molecule has 0 saturated carbocycles. The highest BCUT2D eigenvalue weighted by Crippen LogP contribution is 2.41. The number of hydrogen-bond acceptors (Lipinski definition) is 6. The van der Waals surface area contributed by atoms with E-state index in [4.69, 9.17) is 9.84 Å². The number of sulfonamides is 1. The van der Waals surface area contributed by atoms with Gasteiger partial charge in [0.15, 0.2) is 0 Å². The summed E-state index contributed by atoms with van der Waals surface area (Å²) in [4.78, 5) is 22.1. The molecule has 9 nitrogen and oxygen atoms in total. The molecular formula is C24H21FN2O7S. The molecule has 0 aliphatic heterocycles. The van der Waals surface area contributed by atoms with Gasteiger partial charge < -0.3 is 20.3 Å². The molecule has 0 atom stereocenters. The number of para-hydroxylation sites is 1. The van der Waals surface area contributed by atoms with Gasteiger partial charge >= 0.3 is 11.9 Å². The zero-order valence-electron chi connectivity index (χ0n) is 18.5. The summed E-state index contributed by atoms with van der Waals surface area (Å²) in [6.07, 6.45) is 1.97. The second-order valence-electron chi connectivity index (χ2n) is 7.96. The fourth-order valence-corrected chi connectivity index (χ4v) is 5.14. The molecule has 0 heterocycles. The minimum Gasteiger partial charge on any atom is -0.507 e. The smallest absolute Gasteiger partial charge is 0.394 e. The summed E-state index contributed by atoms with van der Waals surface area (Å²) < 4.78 is 47.8. The number of carbonyl (C=O) groups excluding carboxylic acids is 1. The maximum Gasteiger partial charge on any atom is 0.394 e. The van der Waals surface area contributed by atoms with Crippen LogP contribution in [0, 0.1) is 12.7 Å². The molecular weight excluding hydrogens is 479 g/mol. The monoisotopic (exact) mass is 500 g/mol. The first kappa shape index (κ1) is 24.0.